The van der Waals surface area contributed by atoms with Gasteiger partial charge in [0, 0.05) is 32.7 Å². The van der Waals surface area contributed by atoms with E-state index in [2.05, 4.69) is 147 Å². The summed E-state index contributed by atoms with van der Waals surface area (Å²) in [5, 5.41) is 4.26. The average molecular weight is 671 g/mol. The summed E-state index contributed by atoms with van der Waals surface area (Å²) in [7, 11) is 0. The standard InChI is InChI=1S/C47H34N4O/c1-29-15-4-10-25-38(29)51(39-26-12-17-30-16-5-6-18-31(30)39)46-49-44(34-21-13-24-37-42(34)32-19-7-9-23-36(32)47(37,2)3)48-45(50-46)35-22-14-28-41-43(35)33-20-8-11-27-40(33)52-41/h4-28H,1-3H3. The number of hydrogen-bond acceptors (Lipinski definition) is 5. The third-order valence-electron chi connectivity index (χ3n) is 10.7. The largest absolute Gasteiger partial charge is 0.456 e. The molecule has 0 atom stereocenters. The molecule has 0 saturated heterocycles. The van der Waals surface area contributed by atoms with Gasteiger partial charge in [0.1, 0.15) is 11.2 Å². The molecule has 0 N–H and O–H groups in total. The van der Waals surface area contributed by atoms with E-state index in [0.29, 0.717) is 17.6 Å². The third-order valence-corrected chi connectivity index (χ3v) is 10.7. The number of aromatic nitrogens is 3. The van der Waals surface area contributed by atoms with E-state index >= 15 is 0 Å². The van der Waals surface area contributed by atoms with E-state index in [1.165, 1.54) is 22.3 Å². The summed E-state index contributed by atoms with van der Waals surface area (Å²) in [6.45, 7) is 6.74. The molecule has 0 unspecified atom stereocenters. The van der Waals surface area contributed by atoms with Crippen LogP contribution in [-0.2, 0) is 5.41 Å². The molecule has 7 aromatic carbocycles. The fraction of sp³-hybridized carbons (Fsp3) is 0.0851. The summed E-state index contributed by atoms with van der Waals surface area (Å²) in [6.07, 6.45) is 0. The first-order chi connectivity index (χ1) is 25.5. The van der Waals surface area contributed by atoms with Crippen LogP contribution in [-0.4, -0.2) is 15.0 Å². The smallest absolute Gasteiger partial charge is 0.238 e. The van der Waals surface area contributed by atoms with Crippen LogP contribution in [0, 0.1) is 6.92 Å². The molecule has 0 saturated carbocycles. The van der Waals surface area contributed by atoms with Crippen molar-refractivity contribution in [2.45, 2.75) is 26.2 Å². The Kier molecular flexibility index (Phi) is 6.67. The van der Waals surface area contributed by atoms with Gasteiger partial charge in [-0.3, -0.25) is 4.90 Å². The Balaban J connectivity index is 1.32. The third kappa shape index (κ3) is 4.52. The van der Waals surface area contributed by atoms with Gasteiger partial charge in [0.25, 0.3) is 0 Å². The summed E-state index contributed by atoms with van der Waals surface area (Å²) in [6, 6.07) is 52.9. The lowest BCUT2D eigenvalue weighted by atomic mass is 9.82. The number of benzene rings is 7. The Hall–Kier alpha value is -6.59. The summed E-state index contributed by atoms with van der Waals surface area (Å²) in [5.41, 5.74) is 11.4. The summed E-state index contributed by atoms with van der Waals surface area (Å²) >= 11 is 0. The molecule has 0 fully saturated rings. The maximum atomic E-state index is 6.35. The van der Waals surface area contributed by atoms with Gasteiger partial charge in [-0.2, -0.15) is 9.97 Å². The highest BCUT2D eigenvalue weighted by Gasteiger charge is 2.37. The van der Waals surface area contributed by atoms with Crippen LogP contribution in [0.5, 0.6) is 0 Å². The van der Waals surface area contributed by atoms with Crippen LogP contribution < -0.4 is 4.90 Å². The molecule has 5 nitrogen and oxygen atoms in total. The second kappa shape index (κ2) is 11.5. The normalized spacial score (nSPS) is 13.1. The fourth-order valence-corrected chi connectivity index (χ4v) is 8.17. The monoisotopic (exact) mass is 670 g/mol. The van der Waals surface area contributed by atoms with Gasteiger partial charge in [-0.05, 0) is 64.4 Å². The highest BCUT2D eigenvalue weighted by Crippen LogP contribution is 2.52. The average Bonchev–Trinajstić information content (AvgIpc) is 3.68. The summed E-state index contributed by atoms with van der Waals surface area (Å²) in [5.74, 6) is 1.74. The van der Waals surface area contributed by atoms with Gasteiger partial charge in [-0.1, -0.05) is 141 Å². The Labute approximate surface area is 301 Å². The SMILES string of the molecule is Cc1ccccc1N(c1nc(-c2cccc3c2-c2ccccc2C3(C)C)nc(-c2cccc3oc4ccccc4c23)n1)c1cccc2ccccc12. The number of aryl methyl sites for hydroxylation is 1. The first-order valence-corrected chi connectivity index (χ1v) is 17.7. The second-order valence-corrected chi connectivity index (χ2v) is 14.1. The minimum atomic E-state index is -0.169. The number of rotatable bonds is 5. The first-order valence-electron chi connectivity index (χ1n) is 17.7. The van der Waals surface area contributed by atoms with Crippen LogP contribution in [0.3, 0.4) is 0 Å². The predicted octanol–water partition coefficient (Wildman–Crippen LogP) is 12.3. The van der Waals surface area contributed by atoms with Gasteiger partial charge >= 0.3 is 0 Å². The molecule has 2 aromatic heterocycles. The zero-order valence-electron chi connectivity index (χ0n) is 29.1. The maximum absolute atomic E-state index is 6.35. The van der Waals surface area contributed by atoms with E-state index in [1.54, 1.807) is 0 Å². The van der Waals surface area contributed by atoms with Crippen molar-refractivity contribution in [3.63, 3.8) is 0 Å². The van der Waals surface area contributed by atoms with Crippen LogP contribution in [0.4, 0.5) is 17.3 Å². The Morgan fingerprint density at radius 2 is 1.10 bits per heavy atom. The van der Waals surface area contributed by atoms with Crippen molar-refractivity contribution < 1.29 is 4.42 Å². The van der Waals surface area contributed by atoms with Crippen molar-refractivity contribution >= 4 is 50.0 Å². The number of para-hydroxylation sites is 2. The molecular weight excluding hydrogens is 637 g/mol. The zero-order valence-corrected chi connectivity index (χ0v) is 29.1. The minimum absolute atomic E-state index is 0.169. The zero-order chi connectivity index (χ0) is 35.0. The van der Waals surface area contributed by atoms with E-state index in [9.17, 15) is 0 Å². The maximum Gasteiger partial charge on any atom is 0.238 e. The highest BCUT2D eigenvalue weighted by atomic mass is 16.3. The van der Waals surface area contributed by atoms with Gasteiger partial charge in [-0.25, -0.2) is 4.98 Å². The number of nitrogens with zero attached hydrogens (tertiary/aromatic N) is 4. The summed E-state index contributed by atoms with van der Waals surface area (Å²) in [4.78, 5) is 18.4. The molecule has 5 heteroatoms. The Morgan fingerprint density at radius 1 is 0.500 bits per heavy atom. The van der Waals surface area contributed by atoms with E-state index < -0.39 is 0 Å². The molecule has 0 bridgehead atoms. The molecule has 0 spiro atoms. The molecule has 9 aromatic rings. The topological polar surface area (TPSA) is 55.1 Å². The summed E-state index contributed by atoms with van der Waals surface area (Å²) < 4.78 is 6.35. The van der Waals surface area contributed by atoms with Crippen molar-refractivity contribution in [1.82, 2.24) is 15.0 Å². The van der Waals surface area contributed by atoms with E-state index in [-0.39, 0.29) is 5.41 Å². The molecule has 248 valence electrons. The van der Waals surface area contributed by atoms with Crippen LogP contribution in [0.1, 0.15) is 30.5 Å². The van der Waals surface area contributed by atoms with E-state index in [1.807, 2.05) is 30.3 Å². The molecule has 1 aliphatic carbocycles. The Bertz CT molecular complexity index is 2860. The van der Waals surface area contributed by atoms with Gasteiger partial charge < -0.3 is 4.42 Å². The van der Waals surface area contributed by atoms with Crippen molar-refractivity contribution in [2.24, 2.45) is 0 Å². The van der Waals surface area contributed by atoms with Gasteiger partial charge in [0.2, 0.25) is 5.95 Å². The minimum Gasteiger partial charge on any atom is -0.456 e. The van der Waals surface area contributed by atoms with Crippen molar-refractivity contribution in [2.75, 3.05) is 4.90 Å². The second-order valence-electron chi connectivity index (χ2n) is 14.1. The molecule has 52 heavy (non-hydrogen) atoms. The van der Waals surface area contributed by atoms with Crippen LogP contribution in [0.2, 0.25) is 0 Å². The van der Waals surface area contributed by atoms with Crippen molar-refractivity contribution in [3.05, 3.63) is 168 Å². The van der Waals surface area contributed by atoms with E-state index in [0.717, 1.165) is 60.8 Å². The lowest BCUT2D eigenvalue weighted by Crippen LogP contribution is -2.17. The molecule has 2 heterocycles. The number of furan rings is 1. The number of anilines is 3. The van der Waals surface area contributed by atoms with Gasteiger partial charge in [0.05, 0.1) is 11.4 Å². The predicted molar refractivity (Wildman–Crippen MR) is 212 cm³/mol. The number of fused-ring (bicyclic) bond motifs is 7. The molecule has 10 rings (SSSR count). The molecule has 1 aliphatic rings. The molecule has 0 aliphatic heterocycles. The van der Waals surface area contributed by atoms with Gasteiger partial charge in [-0.15, -0.1) is 0 Å². The number of hydrogen-bond donors (Lipinski definition) is 0. The lowest BCUT2D eigenvalue weighted by molar-refractivity contribution is 0.660. The quantitative estimate of drug-likeness (QED) is 0.182. The van der Waals surface area contributed by atoms with Crippen LogP contribution in [0.15, 0.2) is 156 Å². The molecule has 0 radical (unpaired) electrons. The van der Waals surface area contributed by atoms with Crippen LogP contribution in [0.25, 0.3) is 66.6 Å². The molecule has 0 amide bonds. The highest BCUT2D eigenvalue weighted by molar-refractivity contribution is 6.12. The van der Waals surface area contributed by atoms with Gasteiger partial charge in [0.15, 0.2) is 11.6 Å². The lowest BCUT2D eigenvalue weighted by Gasteiger charge is -2.27. The fourth-order valence-electron chi connectivity index (χ4n) is 8.17. The van der Waals surface area contributed by atoms with Crippen molar-refractivity contribution in [1.29, 1.82) is 0 Å². The van der Waals surface area contributed by atoms with Crippen molar-refractivity contribution in [3.8, 4) is 33.9 Å². The van der Waals surface area contributed by atoms with E-state index in [4.69, 9.17) is 19.4 Å². The molecular formula is C47H34N4O. The first kappa shape index (κ1) is 30.3. The Morgan fingerprint density at radius 3 is 1.98 bits per heavy atom. The van der Waals surface area contributed by atoms with Crippen LogP contribution >= 0.6 is 0 Å².